The van der Waals surface area contributed by atoms with E-state index in [1.165, 1.54) is 18.2 Å². The highest BCUT2D eigenvalue weighted by atomic mass is 19.4. The maximum atomic E-state index is 12.9. The van der Waals surface area contributed by atoms with Crippen LogP contribution in [0.5, 0.6) is 5.75 Å². The van der Waals surface area contributed by atoms with Gasteiger partial charge >= 0.3 is 17.9 Å². The zero-order valence-electron chi connectivity index (χ0n) is 12.0. The zero-order valence-corrected chi connectivity index (χ0v) is 12.0. The zero-order chi connectivity index (χ0) is 17.3. The fourth-order valence-corrected chi connectivity index (χ4v) is 2.24. The molecule has 0 radical (unpaired) electrons. The van der Waals surface area contributed by atoms with Crippen molar-refractivity contribution in [2.75, 3.05) is 0 Å². The molecule has 0 amide bonds. The van der Waals surface area contributed by atoms with Gasteiger partial charge in [0.25, 0.3) is 0 Å². The SMILES string of the molecule is O=C(Cn1c(=O)oc2ccccc21)Oc1ccccc1C(F)(F)F. The number of hydrogen-bond donors (Lipinski definition) is 0. The van der Waals surface area contributed by atoms with E-state index in [9.17, 15) is 22.8 Å². The first-order chi connectivity index (χ1) is 11.4. The Balaban J connectivity index is 1.87. The van der Waals surface area contributed by atoms with E-state index in [1.807, 2.05) is 0 Å². The summed E-state index contributed by atoms with van der Waals surface area (Å²) in [5.41, 5.74) is -0.447. The molecule has 0 bridgehead atoms. The summed E-state index contributed by atoms with van der Waals surface area (Å²) >= 11 is 0. The molecule has 0 aliphatic rings. The lowest BCUT2D eigenvalue weighted by Crippen LogP contribution is -2.24. The Hall–Kier alpha value is -3.03. The lowest BCUT2D eigenvalue weighted by molar-refractivity contribution is -0.142. The third-order valence-electron chi connectivity index (χ3n) is 3.28. The van der Waals surface area contributed by atoms with Crippen LogP contribution < -0.4 is 10.5 Å². The van der Waals surface area contributed by atoms with Gasteiger partial charge in [0.1, 0.15) is 12.3 Å². The molecule has 0 spiro atoms. The lowest BCUT2D eigenvalue weighted by atomic mass is 10.2. The van der Waals surface area contributed by atoms with Crippen LogP contribution in [0.2, 0.25) is 0 Å². The monoisotopic (exact) mass is 337 g/mol. The summed E-state index contributed by atoms with van der Waals surface area (Å²) < 4.78 is 49.4. The van der Waals surface area contributed by atoms with Gasteiger partial charge in [-0.3, -0.25) is 4.57 Å². The van der Waals surface area contributed by atoms with Gasteiger partial charge in [-0.1, -0.05) is 24.3 Å². The van der Waals surface area contributed by atoms with Crippen LogP contribution in [0.25, 0.3) is 11.1 Å². The van der Waals surface area contributed by atoms with E-state index >= 15 is 0 Å². The number of para-hydroxylation sites is 3. The highest BCUT2D eigenvalue weighted by Gasteiger charge is 2.34. The van der Waals surface area contributed by atoms with Gasteiger partial charge < -0.3 is 9.15 Å². The fourth-order valence-electron chi connectivity index (χ4n) is 2.24. The van der Waals surface area contributed by atoms with E-state index < -0.39 is 35.8 Å². The van der Waals surface area contributed by atoms with Gasteiger partial charge in [-0.05, 0) is 24.3 Å². The summed E-state index contributed by atoms with van der Waals surface area (Å²) in [4.78, 5) is 23.7. The van der Waals surface area contributed by atoms with Crippen LogP contribution in [0.4, 0.5) is 13.2 Å². The Bertz CT molecular complexity index is 956. The van der Waals surface area contributed by atoms with E-state index in [4.69, 9.17) is 9.15 Å². The van der Waals surface area contributed by atoms with E-state index in [2.05, 4.69) is 0 Å². The van der Waals surface area contributed by atoms with Crippen LogP contribution in [0.15, 0.2) is 57.7 Å². The standard InChI is InChI=1S/C16H10F3NO4/c17-16(18,19)10-5-1-3-7-12(10)23-14(21)9-20-11-6-2-4-8-13(11)24-15(20)22/h1-8H,9H2. The van der Waals surface area contributed by atoms with Crippen molar-refractivity contribution >= 4 is 17.1 Å². The van der Waals surface area contributed by atoms with Crippen molar-refractivity contribution in [2.24, 2.45) is 0 Å². The molecule has 3 rings (SSSR count). The second-order valence-electron chi connectivity index (χ2n) is 4.89. The molecule has 1 aromatic heterocycles. The molecule has 124 valence electrons. The molecular weight excluding hydrogens is 327 g/mol. The number of carbonyl (C=O) groups is 1. The normalized spacial score (nSPS) is 11.6. The summed E-state index contributed by atoms with van der Waals surface area (Å²) in [5.74, 6) is -2.42. The molecule has 5 nitrogen and oxygen atoms in total. The van der Waals surface area contributed by atoms with Crippen LogP contribution in [0, 0.1) is 0 Å². The Labute approximate surface area is 132 Å². The van der Waals surface area contributed by atoms with Gasteiger partial charge in [-0.25, -0.2) is 9.59 Å². The molecule has 24 heavy (non-hydrogen) atoms. The number of esters is 1. The fraction of sp³-hybridized carbons (Fsp3) is 0.125. The Morgan fingerprint density at radius 3 is 2.50 bits per heavy atom. The van der Waals surface area contributed by atoms with Gasteiger partial charge in [0.2, 0.25) is 0 Å². The number of carbonyl (C=O) groups excluding carboxylic acids is 1. The molecule has 0 unspecified atom stereocenters. The minimum Gasteiger partial charge on any atom is -0.425 e. The summed E-state index contributed by atoms with van der Waals surface area (Å²) in [6.45, 7) is -0.567. The van der Waals surface area contributed by atoms with Crippen LogP contribution in [0.3, 0.4) is 0 Å². The second kappa shape index (κ2) is 5.88. The second-order valence-corrected chi connectivity index (χ2v) is 4.89. The van der Waals surface area contributed by atoms with Crippen LogP contribution in [-0.2, 0) is 17.5 Å². The number of alkyl halides is 3. The average Bonchev–Trinajstić information content (AvgIpc) is 2.83. The van der Waals surface area contributed by atoms with Crippen molar-refractivity contribution in [2.45, 2.75) is 12.7 Å². The van der Waals surface area contributed by atoms with E-state index in [1.54, 1.807) is 18.2 Å². The van der Waals surface area contributed by atoms with Crippen molar-refractivity contribution < 1.29 is 27.1 Å². The van der Waals surface area contributed by atoms with Crippen molar-refractivity contribution in [3.63, 3.8) is 0 Å². The minimum absolute atomic E-state index is 0.269. The number of oxazole rings is 1. The maximum Gasteiger partial charge on any atom is 0.420 e. The first-order valence-corrected chi connectivity index (χ1v) is 6.81. The quantitative estimate of drug-likeness (QED) is 0.544. The van der Waals surface area contributed by atoms with Crippen molar-refractivity contribution in [1.29, 1.82) is 0 Å². The largest absolute Gasteiger partial charge is 0.425 e. The van der Waals surface area contributed by atoms with Crippen LogP contribution in [-0.4, -0.2) is 10.5 Å². The molecule has 0 saturated heterocycles. The van der Waals surface area contributed by atoms with Crippen molar-refractivity contribution in [3.8, 4) is 5.75 Å². The minimum atomic E-state index is -4.66. The van der Waals surface area contributed by atoms with E-state index in [-0.39, 0.29) is 5.58 Å². The smallest absolute Gasteiger partial charge is 0.420 e. The molecule has 0 fully saturated rings. The Morgan fingerprint density at radius 2 is 1.75 bits per heavy atom. The summed E-state index contributed by atoms with van der Waals surface area (Å²) in [7, 11) is 0. The molecule has 0 atom stereocenters. The number of aromatic nitrogens is 1. The maximum absolute atomic E-state index is 12.9. The first kappa shape index (κ1) is 15.9. The van der Waals surface area contributed by atoms with Gasteiger partial charge in [-0.2, -0.15) is 13.2 Å². The summed E-state index contributed by atoms with van der Waals surface area (Å²) in [6.07, 6.45) is -4.66. The number of hydrogen-bond acceptors (Lipinski definition) is 4. The predicted molar refractivity (Wildman–Crippen MR) is 77.6 cm³/mol. The van der Waals surface area contributed by atoms with Crippen LogP contribution in [0.1, 0.15) is 5.56 Å². The van der Waals surface area contributed by atoms with E-state index in [0.29, 0.717) is 5.52 Å². The third kappa shape index (κ3) is 3.03. The lowest BCUT2D eigenvalue weighted by Gasteiger charge is -2.12. The number of benzene rings is 2. The van der Waals surface area contributed by atoms with Gasteiger partial charge in [0, 0.05) is 0 Å². The van der Waals surface area contributed by atoms with Gasteiger partial charge in [0.05, 0.1) is 11.1 Å². The predicted octanol–water partition coefficient (Wildman–Crippen LogP) is 3.22. The van der Waals surface area contributed by atoms with Gasteiger partial charge in [-0.15, -0.1) is 0 Å². The molecule has 1 heterocycles. The van der Waals surface area contributed by atoms with Crippen molar-refractivity contribution in [3.05, 3.63) is 64.6 Å². The molecule has 3 aromatic rings. The number of rotatable bonds is 3. The number of fused-ring (bicyclic) bond motifs is 1. The Kier molecular flexibility index (Phi) is 3.88. The molecule has 0 aliphatic heterocycles. The molecule has 2 aromatic carbocycles. The molecule has 0 N–H and O–H groups in total. The van der Waals surface area contributed by atoms with Crippen LogP contribution >= 0.6 is 0 Å². The molecule has 0 saturated carbocycles. The highest BCUT2D eigenvalue weighted by Crippen LogP contribution is 2.35. The highest BCUT2D eigenvalue weighted by molar-refractivity contribution is 5.77. The average molecular weight is 337 g/mol. The Morgan fingerprint density at radius 1 is 1.08 bits per heavy atom. The third-order valence-corrected chi connectivity index (χ3v) is 3.28. The number of ether oxygens (including phenoxy) is 1. The van der Waals surface area contributed by atoms with Crippen molar-refractivity contribution in [1.82, 2.24) is 4.57 Å². The topological polar surface area (TPSA) is 61.4 Å². The summed E-state index contributed by atoms with van der Waals surface area (Å²) in [5, 5.41) is 0. The van der Waals surface area contributed by atoms with Gasteiger partial charge in [0.15, 0.2) is 5.58 Å². The summed E-state index contributed by atoms with van der Waals surface area (Å²) in [6, 6.07) is 10.7. The van der Waals surface area contributed by atoms with E-state index in [0.717, 1.165) is 16.7 Å². The molecular formula is C16H10F3NO4. The number of nitrogens with zero attached hydrogens (tertiary/aromatic N) is 1. The molecule has 8 heteroatoms. The number of halogens is 3. The molecule has 0 aliphatic carbocycles. The first-order valence-electron chi connectivity index (χ1n) is 6.81.